The highest BCUT2D eigenvalue weighted by molar-refractivity contribution is 5.77. The number of hydrogen-bond donors (Lipinski definition) is 1. The van der Waals surface area contributed by atoms with E-state index < -0.39 is 0 Å². The lowest BCUT2D eigenvalue weighted by Crippen LogP contribution is -1.82. The summed E-state index contributed by atoms with van der Waals surface area (Å²) in [6.45, 7) is 9.40. The second-order valence-corrected chi connectivity index (χ2v) is 1.42. The molecule has 0 aliphatic rings. The van der Waals surface area contributed by atoms with E-state index in [9.17, 15) is 0 Å². The highest BCUT2D eigenvalue weighted by Crippen LogP contribution is 1.84. The average Bonchev–Trinajstić information content (AvgIpc) is 1.93. The molecule has 0 fully saturated rings. The van der Waals surface area contributed by atoms with Crippen LogP contribution >= 0.6 is 0 Å². The lowest BCUT2D eigenvalue weighted by Gasteiger charge is -1.81. The van der Waals surface area contributed by atoms with Crippen molar-refractivity contribution in [3.05, 3.63) is 24.3 Å². The average molecular weight is 140 g/mol. The quantitative estimate of drug-likeness (QED) is 0.271. The Kier molecular flexibility index (Phi) is 12.7. The van der Waals surface area contributed by atoms with Crippen molar-refractivity contribution in [1.82, 2.24) is 0 Å². The number of hydrogen-bond acceptors (Lipinski definition) is 2. The standard InChI is InChI=1S/C6H10N2.C2H6/c1-3-4-6(2)5-8-7;1-2/h3-5H,1,7H2,2H3;1-2H3/b6-4-,8-5-;. The fourth-order valence-corrected chi connectivity index (χ4v) is 0.346. The molecule has 0 atom stereocenters. The van der Waals surface area contributed by atoms with E-state index in [1.54, 1.807) is 12.3 Å². The van der Waals surface area contributed by atoms with Crippen molar-refractivity contribution in [1.29, 1.82) is 0 Å². The molecule has 0 unspecified atom stereocenters. The van der Waals surface area contributed by atoms with E-state index in [1.807, 2.05) is 26.8 Å². The van der Waals surface area contributed by atoms with Gasteiger partial charge in [-0.2, -0.15) is 5.10 Å². The molecule has 0 aromatic rings. The number of nitrogens with zero attached hydrogens (tertiary/aromatic N) is 1. The van der Waals surface area contributed by atoms with Gasteiger partial charge in [-0.05, 0) is 12.5 Å². The molecule has 0 radical (unpaired) electrons. The van der Waals surface area contributed by atoms with Crippen LogP contribution in [-0.2, 0) is 0 Å². The summed E-state index contributed by atoms with van der Waals surface area (Å²) in [7, 11) is 0. The molecule has 0 amide bonds. The van der Waals surface area contributed by atoms with E-state index in [1.165, 1.54) is 0 Å². The first kappa shape index (κ1) is 11.7. The molecule has 2 nitrogen and oxygen atoms in total. The summed E-state index contributed by atoms with van der Waals surface area (Å²) in [5.74, 6) is 4.85. The van der Waals surface area contributed by atoms with Gasteiger partial charge in [0.05, 0.1) is 0 Å². The van der Waals surface area contributed by atoms with Gasteiger partial charge in [0.1, 0.15) is 0 Å². The van der Waals surface area contributed by atoms with Gasteiger partial charge in [0.2, 0.25) is 0 Å². The fraction of sp³-hybridized carbons (Fsp3) is 0.375. The van der Waals surface area contributed by atoms with Crippen LogP contribution in [0.4, 0.5) is 0 Å². The van der Waals surface area contributed by atoms with Gasteiger partial charge in [0.25, 0.3) is 0 Å². The second kappa shape index (κ2) is 10.8. The Bertz CT molecular complexity index is 123. The summed E-state index contributed by atoms with van der Waals surface area (Å²) in [4.78, 5) is 0. The lowest BCUT2D eigenvalue weighted by molar-refractivity contribution is 1.26. The van der Waals surface area contributed by atoms with Gasteiger partial charge < -0.3 is 5.84 Å². The third kappa shape index (κ3) is 10.0. The third-order valence-corrected chi connectivity index (χ3v) is 0.659. The van der Waals surface area contributed by atoms with Crippen LogP contribution in [-0.4, -0.2) is 6.21 Å². The Balaban J connectivity index is 0. The number of rotatable bonds is 2. The van der Waals surface area contributed by atoms with Gasteiger partial charge >= 0.3 is 0 Å². The third-order valence-electron chi connectivity index (χ3n) is 0.659. The molecule has 2 heteroatoms. The first-order valence-corrected chi connectivity index (χ1v) is 3.34. The van der Waals surface area contributed by atoms with Crippen LogP contribution in [0.25, 0.3) is 0 Å². The van der Waals surface area contributed by atoms with Crippen molar-refractivity contribution in [2.24, 2.45) is 10.9 Å². The normalized spacial score (nSPS) is 10.5. The SMILES string of the molecule is C=C/C=C(C)\C=N/N.CC. The van der Waals surface area contributed by atoms with Crippen LogP contribution in [0.1, 0.15) is 20.8 Å². The van der Waals surface area contributed by atoms with E-state index in [0.29, 0.717) is 0 Å². The van der Waals surface area contributed by atoms with Crippen LogP contribution in [0.5, 0.6) is 0 Å². The highest BCUT2D eigenvalue weighted by Gasteiger charge is 1.73. The van der Waals surface area contributed by atoms with Crippen LogP contribution < -0.4 is 5.84 Å². The van der Waals surface area contributed by atoms with Gasteiger partial charge in [-0.25, -0.2) is 0 Å². The van der Waals surface area contributed by atoms with Crippen LogP contribution in [0.3, 0.4) is 0 Å². The number of hydrazone groups is 1. The predicted octanol–water partition coefficient (Wildman–Crippen LogP) is 2.09. The monoisotopic (exact) mass is 140 g/mol. The van der Waals surface area contributed by atoms with Crippen molar-refractivity contribution in [2.45, 2.75) is 20.8 Å². The molecule has 0 aliphatic carbocycles. The molecule has 0 heterocycles. The molecule has 0 rings (SSSR count). The Morgan fingerprint density at radius 3 is 2.30 bits per heavy atom. The van der Waals surface area contributed by atoms with E-state index in [0.717, 1.165) is 5.57 Å². The number of allylic oxidation sites excluding steroid dienone is 3. The zero-order chi connectivity index (χ0) is 8.41. The Hall–Kier alpha value is -1.05. The molecule has 0 aliphatic heterocycles. The van der Waals surface area contributed by atoms with E-state index >= 15 is 0 Å². The summed E-state index contributed by atoms with van der Waals surface area (Å²) in [5, 5.41) is 3.31. The zero-order valence-corrected chi connectivity index (χ0v) is 6.96. The molecule has 0 aromatic carbocycles. The fourth-order valence-electron chi connectivity index (χ4n) is 0.346. The van der Waals surface area contributed by atoms with Gasteiger partial charge in [-0.15, -0.1) is 0 Å². The van der Waals surface area contributed by atoms with Crippen molar-refractivity contribution in [2.75, 3.05) is 0 Å². The maximum atomic E-state index is 4.85. The summed E-state index contributed by atoms with van der Waals surface area (Å²) < 4.78 is 0. The molecule has 10 heavy (non-hydrogen) atoms. The van der Waals surface area contributed by atoms with Gasteiger partial charge in [-0.1, -0.05) is 32.6 Å². The van der Waals surface area contributed by atoms with Gasteiger partial charge in [0, 0.05) is 6.21 Å². The maximum Gasteiger partial charge on any atom is 0.0494 e. The van der Waals surface area contributed by atoms with Crippen molar-refractivity contribution >= 4 is 6.21 Å². The molecule has 0 spiro atoms. The topological polar surface area (TPSA) is 38.4 Å². The minimum atomic E-state index is 1.00. The first-order chi connectivity index (χ1) is 4.81. The summed E-state index contributed by atoms with van der Waals surface area (Å²) in [6, 6.07) is 0. The maximum absolute atomic E-state index is 4.85. The van der Waals surface area contributed by atoms with Crippen LogP contribution in [0.2, 0.25) is 0 Å². The lowest BCUT2D eigenvalue weighted by atomic mass is 10.3. The summed E-state index contributed by atoms with van der Waals surface area (Å²) in [5.41, 5.74) is 1.00. The Morgan fingerprint density at radius 2 is 2.00 bits per heavy atom. The first-order valence-electron chi connectivity index (χ1n) is 3.34. The Morgan fingerprint density at radius 1 is 1.50 bits per heavy atom. The molecule has 0 bridgehead atoms. The van der Waals surface area contributed by atoms with Gasteiger partial charge in [0.15, 0.2) is 0 Å². The largest absolute Gasteiger partial charge is 0.323 e. The predicted molar refractivity (Wildman–Crippen MR) is 48.0 cm³/mol. The number of nitrogens with two attached hydrogens (primary N) is 1. The molecule has 2 N–H and O–H groups in total. The summed E-state index contributed by atoms with van der Waals surface area (Å²) >= 11 is 0. The van der Waals surface area contributed by atoms with Crippen molar-refractivity contribution in [3.8, 4) is 0 Å². The molecular formula is C8H16N2. The van der Waals surface area contributed by atoms with E-state index in [-0.39, 0.29) is 0 Å². The smallest absolute Gasteiger partial charge is 0.0494 e. The van der Waals surface area contributed by atoms with E-state index in [4.69, 9.17) is 5.84 Å². The molecule has 58 valence electrons. The molecule has 0 saturated carbocycles. The Labute approximate surface area is 63.1 Å². The van der Waals surface area contributed by atoms with Crippen LogP contribution in [0, 0.1) is 0 Å². The highest BCUT2D eigenvalue weighted by atomic mass is 15.1. The van der Waals surface area contributed by atoms with Gasteiger partial charge in [-0.3, -0.25) is 0 Å². The molecule has 0 saturated heterocycles. The zero-order valence-electron chi connectivity index (χ0n) is 6.96. The minimum absolute atomic E-state index is 1.00. The van der Waals surface area contributed by atoms with Crippen molar-refractivity contribution in [3.63, 3.8) is 0 Å². The van der Waals surface area contributed by atoms with E-state index in [2.05, 4.69) is 11.7 Å². The molecule has 0 aromatic heterocycles. The minimum Gasteiger partial charge on any atom is -0.323 e. The molecular weight excluding hydrogens is 124 g/mol. The van der Waals surface area contributed by atoms with Crippen molar-refractivity contribution < 1.29 is 0 Å². The summed E-state index contributed by atoms with van der Waals surface area (Å²) in [6.07, 6.45) is 5.09. The second-order valence-electron chi connectivity index (χ2n) is 1.42. The van der Waals surface area contributed by atoms with Crippen LogP contribution in [0.15, 0.2) is 29.4 Å².